The molecule has 20 heavy (non-hydrogen) atoms. The molecule has 0 N–H and O–H groups in total. The van der Waals surface area contributed by atoms with Crippen LogP contribution in [0.15, 0.2) is 21.5 Å². The number of ether oxygens (including phenoxy) is 1. The number of sulfone groups is 1. The number of nitrogens with zero attached hydrogens (tertiary/aromatic N) is 2. The maximum atomic E-state index is 12.4. The van der Waals surface area contributed by atoms with Gasteiger partial charge in [-0.1, -0.05) is 0 Å². The Kier molecular flexibility index (Phi) is 4.87. The van der Waals surface area contributed by atoms with E-state index in [1.165, 1.54) is 10.8 Å². The van der Waals surface area contributed by atoms with Crippen LogP contribution in [0.3, 0.4) is 0 Å². The summed E-state index contributed by atoms with van der Waals surface area (Å²) in [7, 11) is -3.10. The minimum absolute atomic E-state index is 0.0497. The summed E-state index contributed by atoms with van der Waals surface area (Å²) in [6, 6.07) is 1.77. The number of anilines is 1. The highest BCUT2D eigenvalue weighted by Crippen LogP contribution is 2.17. The van der Waals surface area contributed by atoms with E-state index in [-0.39, 0.29) is 17.9 Å². The second-order valence-electron chi connectivity index (χ2n) is 4.77. The molecule has 0 spiro atoms. The monoisotopic (exact) mass is 364 g/mol. The van der Waals surface area contributed by atoms with Gasteiger partial charge >= 0.3 is 0 Å². The zero-order chi connectivity index (χ0) is 14.8. The van der Waals surface area contributed by atoms with E-state index in [4.69, 9.17) is 4.74 Å². The molecular weight excluding hydrogens is 348 g/mol. The van der Waals surface area contributed by atoms with E-state index in [2.05, 4.69) is 15.9 Å². The Hall–Kier alpha value is -0.860. The van der Waals surface area contributed by atoms with E-state index in [0.717, 1.165) is 4.47 Å². The van der Waals surface area contributed by atoms with Crippen LogP contribution in [-0.2, 0) is 21.1 Å². The summed E-state index contributed by atoms with van der Waals surface area (Å²) in [6.07, 6.45) is 2.79. The van der Waals surface area contributed by atoms with Gasteiger partial charge in [-0.2, -0.15) is 0 Å². The first-order valence-electron chi connectivity index (χ1n) is 6.27. The molecule has 0 unspecified atom stereocenters. The average molecular weight is 365 g/mol. The molecule has 0 radical (unpaired) electrons. The van der Waals surface area contributed by atoms with Crippen LogP contribution < -0.4 is 10.5 Å². The third-order valence-corrected chi connectivity index (χ3v) is 4.45. The fourth-order valence-electron chi connectivity index (χ4n) is 2.05. The largest absolute Gasteiger partial charge is 0.378 e. The van der Waals surface area contributed by atoms with Crippen LogP contribution in [0, 0.1) is 0 Å². The van der Waals surface area contributed by atoms with E-state index < -0.39 is 9.84 Å². The number of morpholine rings is 1. The van der Waals surface area contributed by atoms with Crippen LogP contribution in [0.4, 0.5) is 5.69 Å². The van der Waals surface area contributed by atoms with Gasteiger partial charge in [0.15, 0.2) is 0 Å². The van der Waals surface area contributed by atoms with E-state index in [1.807, 2.05) is 4.90 Å². The normalized spacial score (nSPS) is 16.4. The van der Waals surface area contributed by atoms with Crippen molar-refractivity contribution >= 4 is 31.5 Å². The van der Waals surface area contributed by atoms with Crippen molar-refractivity contribution < 1.29 is 13.2 Å². The Labute approximate surface area is 126 Å². The molecule has 2 rings (SSSR count). The Bertz CT molecular complexity index is 635. The van der Waals surface area contributed by atoms with Crippen molar-refractivity contribution in [3.8, 4) is 0 Å². The van der Waals surface area contributed by atoms with Crippen molar-refractivity contribution in [3.05, 3.63) is 27.1 Å². The standard InChI is InChI=1S/C12H17BrN2O4S/c1-20(17,18)7-4-15-9-10(13)8-11(12(15)16)14-2-5-19-6-3-14/h8-9H,2-7H2,1H3. The van der Waals surface area contributed by atoms with Crippen LogP contribution in [-0.4, -0.2) is 51.3 Å². The predicted molar refractivity (Wildman–Crippen MR) is 81.1 cm³/mol. The van der Waals surface area contributed by atoms with Gasteiger partial charge in [0.2, 0.25) is 0 Å². The lowest BCUT2D eigenvalue weighted by molar-refractivity contribution is 0.122. The average Bonchev–Trinajstić information content (AvgIpc) is 2.39. The van der Waals surface area contributed by atoms with Gasteiger partial charge in [0.05, 0.1) is 19.0 Å². The first-order chi connectivity index (χ1) is 9.37. The van der Waals surface area contributed by atoms with Crippen LogP contribution in [0.1, 0.15) is 0 Å². The molecule has 2 heterocycles. The van der Waals surface area contributed by atoms with Crippen molar-refractivity contribution in [3.63, 3.8) is 0 Å². The minimum Gasteiger partial charge on any atom is -0.378 e. The predicted octanol–water partition coefficient (Wildman–Crippen LogP) is 0.492. The third kappa shape index (κ3) is 4.07. The number of halogens is 1. The molecule has 0 amide bonds. The zero-order valence-electron chi connectivity index (χ0n) is 11.2. The molecule has 0 atom stereocenters. The SMILES string of the molecule is CS(=O)(=O)CCn1cc(Br)cc(N2CCOCC2)c1=O. The van der Waals surface area contributed by atoms with E-state index >= 15 is 0 Å². The van der Waals surface area contributed by atoms with Crippen LogP contribution in [0.25, 0.3) is 0 Å². The molecule has 1 fully saturated rings. The Balaban J connectivity index is 2.29. The molecule has 1 aliphatic rings. The fourth-order valence-corrected chi connectivity index (χ4v) is 3.04. The van der Waals surface area contributed by atoms with Crippen molar-refractivity contribution in [2.24, 2.45) is 0 Å². The molecule has 1 aromatic rings. The lowest BCUT2D eigenvalue weighted by Crippen LogP contribution is -2.40. The summed E-state index contributed by atoms with van der Waals surface area (Å²) < 4.78 is 29.9. The van der Waals surface area contributed by atoms with Gasteiger partial charge in [-0.25, -0.2) is 8.42 Å². The second kappa shape index (κ2) is 6.28. The van der Waals surface area contributed by atoms with Gasteiger partial charge in [0.25, 0.3) is 5.56 Å². The molecular formula is C12H17BrN2O4S. The number of aromatic nitrogens is 1. The van der Waals surface area contributed by atoms with Gasteiger partial charge in [-0.3, -0.25) is 4.79 Å². The molecule has 8 heteroatoms. The molecule has 1 aromatic heterocycles. The topological polar surface area (TPSA) is 68.6 Å². The summed E-state index contributed by atoms with van der Waals surface area (Å²) in [5.74, 6) is -0.0497. The fraction of sp³-hybridized carbons (Fsp3) is 0.583. The molecule has 0 saturated carbocycles. The van der Waals surface area contributed by atoms with Gasteiger partial charge in [0.1, 0.15) is 15.5 Å². The summed E-state index contributed by atoms with van der Waals surface area (Å²) in [5, 5.41) is 0. The number of hydrogen-bond donors (Lipinski definition) is 0. The van der Waals surface area contributed by atoms with Crippen molar-refractivity contribution in [1.82, 2.24) is 4.57 Å². The van der Waals surface area contributed by atoms with Crippen LogP contribution in [0.5, 0.6) is 0 Å². The highest BCUT2D eigenvalue weighted by atomic mass is 79.9. The van der Waals surface area contributed by atoms with Crippen LogP contribution >= 0.6 is 15.9 Å². The molecule has 112 valence electrons. The number of aryl methyl sites for hydroxylation is 1. The van der Waals surface area contributed by atoms with E-state index in [0.29, 0.717) is 32.0 Å². The summed E-state index contributed by atoms with van der Waals surface area (Å²) in [5.41, 5.74) is 0.412. The summed E-state index contributed by atoms with van der Waals surface area (Å²) in [4.78, 5) is 14.4. The summed E-state index contributed by atoms with van der Waals surface area (Å²) >= 11 is 3.37. The first kappa shape index (κ1) is 15.5. The zero-order valence-corrected chi connectivity index (χ0v) is 13.6. The van der Waals surface area contributed by atoms with Crippen molar-refractivity contribution in [2.75, 3.05) is 43.2 Å². The molecule has 0 aliphatic carbocycles. The van der Waals surface area contributed by atoms with Crippen LogP contribution in [0.2, 0.25) is 0 Å². The molecule has 6 nitrogen and oxygen atoms in total. The van der Waals surface area contributed by atoms with Crippen molar-refractivity contribution in [1.29, 1.82) is 0 Å². The Morgan fingerprint density at radius 1 is 1.35 bits per heavy atom. The second-order valence-corrected chi connectivity index (χ2v) is 7.95. The van der Waals surface area contributed by atoms with E-state index in [1.54, 1.807) is 12.3 Å². The molecule has 1 saturated heterocycles. The van der Waals surface area contributed by atoms with Gasteiger partial charge in [0, 0.05) is 36.6 Å². The number of pyridine rings is 1. The summed E-state index contributed by atoms with van der Waals surface area (Å²) in [6.45, 7) is 2.68. The Morgan fingerprint density at radius 3 is 2.60 bits per heavy atom. The highest BCUT2D eigenvalue weighted by molar-refractivity contribution is 9.10. The number of hydrogen-bond acceptors (Lipinski definition) is 5. The van der Waals surface area contributed by atoms with Gasteiger partial charge in [-0.05, 0) is 22.0 Å². The Morgan fingerprint density at radius 2 is 2.00 bits per heavy atom. The van der Waals surface area contributed by atoms with E-state index in [9.17, 15) is 13.2 Å². The molecule has 1 aliphatic heterocycles. The molecule has 0 bridgehead atoms. The lowest BCUT2D eigenvalue weighted by Gasteiger charge is -2.28. The first-order valence-corrected chi connectivity index (χ1v) is 9.12. The quantitative estimate of drug-likeness (QED) is 0.777. The smallest absolute Gasteiger partial charge is 0.274 e. The maximum absolute atomic E-state index is 12.4. The highest BCUT2D eigenvalue weighted by Gasteiger charge is 2.17. The number of rotatable bonds is 4. The minimum atomic E-state index is -3.10. The maximum Gasteiger partial charge on any atom is 0.274 e. The van der Waals surface area contributed by atoms with Gasteiger partial charge < -0.3 is 14.2 Å². The van der Waals surface area contributed by atoms with Crippen molar-refractivity contribution in [2.45, 2.75) is 6.54 Å². The molecule has 0 aromatic carbocycles. The van der Waals surface area contributed by atoms with Gasteiger partial charge in [-0.15, -0.1) is 0 Å². The third-order valence-electron chi connectivity index (χ3n) is 3.09. The lowest BCUT2D eigenvalue weighted by atomic mass is 10.3.